The molecule has 6 nitrogen and oxygen atoms in total. The number of carbonyl (C=O) groups is 2. The lowest BCUT2D eigenvalue weighted by atomic mass is 10.1. The molecule has 0 aromatic rings. The van der Waals surface area contributed by atoms with E-state index in [-0.39, 0.29) is 5.91 Å². The normalized spacial score (nSPS) is 28.5. The topological polar surface area (TPSA) is 65.0 Å². The molecule has 0 saturated carbocycles. The van der Waals surface area contributed by atoms with Crippen LogP contribution in [0.15, 0.2) is 17.1 Å². The molecule has 0 aromatic carbocycles. The molecule has 2 heterocycles. The lowest BCUT2D eigenvalue weighted by Gasteiger charge is -2.35. The molecule has 2 aliphatic heterocycles. The number of carbonyl (C=O) groups excluding carboxylic acids is 2. The first-order chi connectivity index (χ1) is 8.06. The van der Waals surface area contributed by atoms with Crippen molar-refractivity contribution in [2.24, 2.45) is 4.99 Å². The van der Waals surface area contributed by atoms with E-state index in [9.17, 15) is 9.59 Å². The predicted octanol–water partition coefficient (Wildman–Crippen LogP) is 0.505. The second-order valence-electron chi connectivity index (χ2n) is 3.88. The molecular formula is C10H13BrN4O2. The van der Waals surface area contributed by atoms with Gasteiger partial charge >= 0.3 is 6.03 Å². The Labute approximate surface area is 107 Å². The fourth-order valence-corrected chi connectivity index (χ4v) is 2.48. The third-order valence-electron chi connectivity index (χ3n) is 2.85. The van der Waals surface area contributed by atoms with Crippen molar-refractivity contribution in [1.29, 1.82) is 0 Å². The van der Waals surface area contributed by atoms with Crippen LogP contribution in [0, 0.1) is 0 Å². The maximum Gasteiger partial charge on any atom is 0.325 e. The summed E-state index contributed by atoms with van der Waals surface area (Å²) in [5.41, 5.74) is 0. The summed E-state index contributed by atoms with van der Waals surface area (Å²) in [6.07, 6.45) is 3.39. The van der Waals surface area contributed by atoms with Crippen molar-refractivity contribution in [1.82, 2.24) is 15.1 Å². The first-order valence-corrected chi connectivity index (χ1v) is 6.04. The molecule has 2 unspecified atom stereocenters. The van der Waals surface area contributed by atoms with E-state index in [0.717, 1.165) is 0 Å². The summed E-state index contributed by atoms with van der Waals surface area (Å²) in [5.74, 6) is -0.305. The van der Waals surface area contributed by atoms with Crippen LogP contribution in [0.3, 0.4) is 0 Å². The Hall–Kier alpha value is -1.37. The second kappa shape index (κ2) is 4.48. The summed E-state index contributed by atoms with van der Waals surface area (Å²) < 4.78 is 0.599. The van der Waals surface area contributed by atoms with E-state index < -0.39 is 18.2 Å². The van der Waals surface area contributed by atoms with E-state index in [0.29, 0.717) is 11.3 Å². The number of halogens is 1. The Morgan fingerprint density at radius 3 is 2.88 bits per heavy atom. The summed E-state index contributed by atoms with van der Waals surface area (Å²) in [7, 11) is 1.63. The van der Waals surface area contributed by atoms with Gasteiger partial charge in [0.25, 0.3) is 5.91 Å². The molecule has 2 aliphatic rings. The van der Waals surface area contributed by atoms with Crippen molar-refractivity contribution in [2.45, 2.75) is 19.1 Å². The van der Waals surface area contributed by atoms with Crippen LogP contribution in [0.25, 0.3) is 0 Å². The molecule has 2 rings (SSSR count). The molecule has 92 valence electrons. The van der Waals surface area contributed by atoms with Crippen LogP contribution in [0.1, 0.15) is 6.92 Å². The van der Waals surface area contributed by atoms with Crippen molar-refractivity contribution in [3.8, 4) is 0 Å². The number of nitrogens with one attached hydrogen (secondary N) is 1. The first-order valence-electron chi connectivity index (χ1n) is 5.25. The van der Waals surface area contributed by atoms with Gasteiger partial charge in [-0.1, -0.05) is 12.2 Å². The minimum absolute atomic E-state index is 0.305. The molecule has 17 heavy (non-hydrogen) atoms. The van der Waals surface area contributed by atoms with Gasteiger partial charge in [-0.2, -0.15) is 0 Å². The molecule has 2 atom stereocenters. The molecule has 0 aromatic heterocycles. The van der Waals surface area contributed by atoms with Crippen LogP contribution in [0.5, 0.6) is 0 Å². The molecule has 0 spiro atoms. The van der Waals surface area contributed by atoms with Gasteiger partial charge in [-0.25, -0.2) is 9.79 Å². The van der Waals surface area contributed by atoms with Crippen LogP contribution in [0.2, 0.25) is 0 Å². The highest BCUT2D eigenvalue weighted by molar-refractivity contribution is 9.18. The zero-order chi connectivity index (χ0) is 12.6. The number of amidine groups is 1. The molecule has 0 bridgehead atoms. The Morgan fingerprint density at radius 2 is 2.24 bits per heavy atom. The summed E-state index contributed by atoms with van der Waals surface area (Å²) >= 11 is 3.32. The predicted molar refractivity (Wildman–Crippen MR) is 66.8 cm³/mol. The zero-order valence-electron chi connectivity index (χ0n) is 9.55. The highest BCUT2D eigenvalue weighted by atomic mass is 79.9. The third-order valence-corrected chi connectivity index (χ3v) is 3.51. The maximum absolute atomic E-state index is 11.8. The number of nitrogens with zero attached hydrogens (tertiary/aromatic N) is 3. The maximum atomic E-state index is 11.8. The van der Waals surface area contributed by atoms with Crippen molar-refractivity contribution < 1.29 is 9.59 Å². The van der Waals surface area contributed by atoms with Crippen LogP contribution in [-0.2, 0) is 4.79 Å². The quantitative estimate of drug-likeness (QED) is 0.597. The average molecular weight is 301 g/mol. The highest BCUT2D eigenvalue weighted by Crippen LogP contribution is 2.25. The molecule has 1 N–H and O–H groups in total. The van der Waals surface area contributed by atoms with Crippen molar-refractivity contribution in [2.75, 3.05) is 13.6 Å². The lowest BCUT2D eigenvalue weighted by molar-refractivity contribution is -0.126. The van der Waals surface area contributed by atoms with Crippen molar-refractivity contribution >= 4 is 32.6 Å². The molecule has 7 heteroatoms. The van der Waals surface area contributed by atoms with E-state index in [1.54, 1.807) is 7.05 Å². The number of aliphatic imine (C=N–C) groups is 1. The van der Waals surface area contributed by atoms with Gasteiger partial charge in [0.1, 0.15) is 0 Å². The number of allylic oxidation sites excluding steroid dienone is 1. The van der Waals surface area contributed by atoms with Gasteiger partial charge in [0, 0.05) is 13.6 Å². The van der Waals surface area contributed by atoms with E-state index in [2.05, 4.69) is 26.2 Å². The SMILES string of the molecule is C/C=C/CN1C(Br)=NC2C1C(=O)NC(=O)N2C. The van der Waals surface area contributed by atoms with Crippen LogP contribution < -0.4 is 5.32 Å². The largest absolute Gasteiger partial charge is 0.332 e. The number of rotatable bonds is 2. The number of hydrogen-bond donors (Lipinski definition) is 1. The van der Waals surface area contributed by atoms with E-state index >= 15 is 0 Å². The Morgan fingerprint density at radius 1 is 1.53 bits per heavy atom. The molecule has 3 amide bonds. The van der Waals surface area contributed by atoms with Gasteiger partial charge in [0.2, 0.25) is 0 Å². The standard InChI is InChI=1S/C10H13BrN4O2/c1-3-4-5-15-6-7(12-9(15)11)14(2)10(17)13-8(6)16/h3-4,6-7H,5H2,1-2H3,(H,13,16,17)/b4-3+. The first kappa shape index (κ1) is 12.1. The molecule has 1 fully saturated rings. The molecule has 0 radical (unpaired) electrons. The van der Waals surface area contributed by atoms with Crippen LogP contribution >= 0.6 is 15.9 Å². The van der Waals surface area contributed by atoms with Gasteiger partial charge in [-0.05, 0) is 22.9 Å². The van der Waals surface area contributed by atoms with Gasteiger partial charge in [-0.15, -0.1) is 0 Å². The lowest BCUT2D eigenvalue weighted by Crippen LogP contribution is -2.63. The van der Waals surface area contributed by atoms with Crippen molar-refractivity contribution in [3.05, 3.63) is 12.2 Å². The summed E-state index contributed by atoms with van der Waals surface area (Å²) in [5, 5.41) is 2.32. The third kappa shape index (κ3) is 1.95. The monoisotopic (exact) mass is 300 g/mol. The number of urea groups is 1. The number of likely N-dealkylation sites (N-methyl/N-ethyl adjacent to an activating group) is 1. The Balaban J connectivity index is 2.26. The van der Waals surface area contributed by atoms with Gasteiger partial charge in [0.15, 0.2) is 17.0 Å². The van der Waals surface area contributed by atoms with E-state index in [4.69, 9.17) is 0 Å². The van der Waals surface area contributed by atoms with E-state index in [1.165, 1.54) is 4.90 Å². The highest BCUT2D eigenvalue weighted by Gasteiger charge is 2.47. The van der Waals surface area contributed by atoms with Gasteiger partial charge in [0.05, 0.1) is 0 Å². The molecule has 1 saturated heterocycles. The van der Waals surface area contributed by atoms with Gasteiger partial charge in [-0.3, -0.25) is 10.1 Å². The summed E-state index contributed by atoms with van der Waals surface area (Å²) in [6.45, 7) is 2.49. The van der Waals surface area contributed by atoms with Crippen molar-refractivity contribution in [3.63, 3.8) is 0 Å². The van der Waals surface area contributed by atoms with E-state index in [1.807, 2.05) is 24.0 Å². The zero-order valence-corrected chi connectivity index (χ0v) is 11.1. The number of fused-ring (bicyclic) bond motifs is 1. The minimum Gasteiger partial charge on any atom is -0.332 e. The second-order valence-corrected chi connectivity index (χ2v) is 4.59. The van der Waals surface area contributed by atoms with Crippen LogP contribution in [0.4, 0.5) is 4.79 Å². The Kier molecular flexibility index (Phi) is 3.19. The molecule has 0 aliphatic carbocycles. The summed E-state index contributed by atoms with van der Waals surface area (Å²) in [4.78, 5) is 30.8. The average Bonchev–Trinajstić information content (AvgIpc) is 2.61. The fourth-order valence-electron chi connectivity index (χ4n) is 1.90. The number of imide groups is 1. The number of amides is 3. The van der Waals surface area contributed by atoms with Crippen LogP contribution in [-0.4, -0.2) is 52.3 Å². The van der Waals surface area contributed by atoms with Gasteiger partial charge < -0.3 is 9.80 Å². The smallest absolute Gasteiger partial charge is 0.325 e. The fraction of sp³-hybridized carbons (Fsp3) is 0.500. The Bertz CT molecular complexity index is 421. The summed E-state index contributed by atoms with van der Waals surface area (Å²) in [6, 6.07) is -0.864. The number of hydrogen-bond acceptors (Lipinski definition) is 4. The minimum atomic E-state index is -0.455. The molecular weight excluding hydrogens is 288 g/mol.